The number of alkyl halides is 1. The molecule has 1 saturated heterocycles. The largest absolute Gasteiger partial charge is 0.320 e. The van der Waals surface area contributed by atoms with Crippen LogP contribution in [-0.2, 0) is 18.9 Å². The van der Waals surface area contributed by atoms with Crippen molar-refractivity contribution < 1.29 is 21.9 Å². The lowest BCUT2D eigenvalue weighted by Crippen LogP contribution is -2.23. The fourth-order valence-electron chi connectivity index (χ4n) is 1.52. The monoisotopic (exact) mass is 278 g/mol. The van der Waals surface area contributed by atoms with E-state index in [0.29, 0.717) is 0 Å². The third-order valence-corrected chi connectivity index (χ3v) is 5.87. The molecule has 2 unspecified atom stereocenters. The maximum absolute atomic E-state index is 13.4. The summed E-state index contributed by atoms with van der Waals surface area (Å²) in [7, 11) is -6.81. The Kier molecular flexibility index (Phi) is 4.38. The molecule has 0 aromatic rings. The molecule has 4 nitrogen and oxygen atoms in total. The lowest BCUT2D eigenvalue weighted by molar-refractivity contribution is 0.144. The van der Waals surface area contributed by atoms with Crippen LogP contribution in [0.2, 0.25) is 0 Å². The molecule has 0 aromatic heterocycles. The van der Waals surface area contributed by atoms with Crippen molar-refractivity contribution >= 4 is 17.2 Å². The third kappa shape index (κ3) is 3.85. The van der Waals surface area contributed by atoms with Crippen LogP contribution in [0.15, 0.2) is 0 Å². The summed E-state index contributed by atoms with van der Waals surface area (Å²) in [5.74, 6) is 3.21. The van der Waals surface area contributed by atoms with Gasteiger partial charge in [-0.3, -0.25) is 4.57 Å². The highest BCUT2D eigenvalue weighted by atomic mass is 32.2. The van der Waals surface area contributed by atoms with Crippen LogP contribution >= 0.6 is 7.37 Å². The van der Waals surface area contributed by atoms with Crippen molar-refractivity contribution in [2.75, 3.05) is 23.8 Å². The average molecular weight is 278 g/mol. The molecule has 0 N–H and O–H groups in total. The number of halogens is 1. The zero-order chi connectivity index (χ0) is 13.1. The van der Waals surface area contributed by atoms with Crippen molar-refractivity contribution in [2.24, 2.45) is 0 Å². The number of sulfone groups is 1. The summed E-state index contributed by atoms with van der Waals surface area (Å²) in [4.78, 5) is 0. The van der Waals surface area contributed by atoms with Gasteiger partial charge in [0.15, 0.2) is 9.84 Å². The maximum Gasteiger partial charge on any atom is 0.226 e. The molecule has 1 rings (SSSR count). The summed E-state index contributed by atoms with van der Waals surface area (Å²) < 4.78 is 52.8. The van der Waals surface area contributed by atoms with E-state index >= 15 is 0 Å². The standard InChI is InChI=1S/C10H12FO4PS/c1-3-5-16(12,6-4-2)15-10-8-17(13,14)7-9(10)11/h1-2,9-10H,5-8H2. The van der Waals surface area contributed by atoms with E-state index in [9.17, 15) is 17.4 Å². The van der Waals surface area contributed by atoms with Gasteiger partial charge < -0.3 is 4.52 Å². The molecule has 0 radical (unpaired) electrons. The minimum atomic E-state index is -3.47. The Labute approximate surface area is 100 Å². The second kappa shape index (κ2) is 5.23. The molecule has 94 valence electrons. The van der Waals surface area contributed by atoms with Gasteiger partial charge in [-0.1, -0.05) is 11.8 Å². The fourth-order valence-corrected chi connectivity index (χ4v) is 4.76. The van der Waals surface area contributed by atoms with Crippen LogP contribution in [0.25, 0.3) is 0 Å². The average Bonchev–Trinajstić information content (AvgIpc) is 2.39. The van der Waals surface area contributed by atoms with E-state index in [1.807, 2.05) is 0 Å². The summed E-state index contributed by atoms with van der Waals surface area (Å²) in [6.07, 6.45) is 6.70. The van der Waals surface area contributed by atoms with E-state index in [2.05, 4.69) is 11.8 Å². The first kappa shape index (κ1) is 14.3. The van der Waals surface area contributed by atoms with E-state index in [1.165, 1.54) is 0 Å². The lowest BCUT2D eigenvalue weighted by atomic mass is 10.3. The van der Waals surface area contributed by atoms with E-state index in [4.69, 9.17) is 17.4 Å². The summed E-state index contributed by atoms with van der Waals surface area (Å²) in [5, 5.41) is 0. The number of hydrogen-bond acceptors (Lipinski definition) is 4. The Balaban J connectivity index is 2.80. The topological polar surface area (TPSA) is 60.4 Å². The number of terminal acetylenes is 2. The third-order valence-electron chi connectivity index (χ3n) is 2.23. The van der Waals surface area contributed by atoms with Gasteiger partial charge in [-0.15, -0.1) is 12.8 Å². The Bertz CT molecular complexity index is 493. The molecule has 0 bridgehead atoms. The summed E-state index contributed by atoms with van der Waals surface area (Å²) in [6, 6.07) is 0. The van der Waals surface area contributed by atoms with E-state index in [1.54, 1.807) is 0 Å². The lowest BCUT2D eigenvalue weighted by Gasteiger charge is -2.19. The maximum atomic E-state index is 13.4. The summed E-state index contributed by atoms with van der Waals surface area (Å²) in [5.41, 5.74) is 0. The van der Waals surface area contributed by atoms with Crippen molar-refractivity contribution in [2.45, 2.75) is 12.3 Å². The van der Waals surface area contributed by atoms with Crippen molar-refractivity contribution in [1.82, 2.24) is 0 Å². The van der Waals surface area contributed by atoms with Crippen LogP contribution in [0.3, 0.4) is 0 Å². The van der Waals surface area contributed by atoms with Crippen LogP contribution in [0, 0.1) is 24.7 Å². The van der Waals surface area contributed by atoms with Crippen molar-refractivity contribution in [3.63, 3.8) is 0 Å². The van der Waals surface area contributed by atoms with Crippen LogP contribution in [0.1, 0.15) is 0 Å². The SMILES string of the molecule is C#CCP(=O)(CC#C)OC1CS(=O)(=O)CC1F. The molecular formula is C10H12FO4PS. The second-order valence-corrected chi connectivity index (χ2v) is 8.40. The van der Waals surface area contributed by atoms with Gasteiger partial charge in [0.25, 0.3) is 0 Å². The van der Waals surface area contributed by atoms with Crippen molar-refractivity contribution in [3.05, 3.63) is 0 Å². The molecular weight excluding hydrogens is 266 g/mol. The number of hydrogen-bond donors (Lipinski definition) is 0. The highest BCUT2D eigenvalue weighted by Gasteiger charge is 2.42. The van der Waals surface area contributed by atoms with E-state index in [-0.39, 0.29) is 12.3 Å². The first-order chi connectivity index (χ1) is 7.82. The van der Waals surface area contributed by atoms with Gasteiger partial charge in [-0.2, -0.15) is 0 Å². The van der Waals surface area contributed by atoms with Crippen LogP contribution in [0.5, 0.6) is 0 Å². The zero-order valence-electron chi connectivity index (χ0n) is 9.00. The first-order valence-electron chi connectivity index (χ1n) is 4.80. The van der Waals surface area contributed by atoms with Gasteiger partial charge in [0, 0.05) is 0 Å². The Morgan fingerprint density at radius 3 is 2.18 bits per heavy atom. The molecule has 0 aliphatic carbocycles. The van der Waals surface area contributed by atoms with Crippen LogP contribution < -0.4 is 0 Å². The molecule has 0 amide bonds. The van der Waals surface area contributed by atoms with Gasteiger partial charge in [-0.25, -0.2) is 12.8 Å². The predicted octanol–water partition coefficient (Wildman–Crippen LogP) is 0.683. The number of rotatable bonds is 4. The van der Waals surface area contributed by atoms with Gasteiger partial charge in [0.1, 0.15) is 12.3 Å². The highest BCUT2D eigenvalue weighted by molar-refractivity contribution is 7.91. The minimum Gasteiger partial charge on any atom is -0.320 e. The molecule has 0 saturated carbocycles. The molecule has 1 heterocycles. The van der Waals surface area contributed by atoms with Gasteiger partial charge in [-0.05, 0) is 0 Å². The first-order valence-corrected chi connectivity index (χ1v) is 8.61. The van der Waals surface area contributed by atoms with Gasteiger partial charge >= 0.3 is 0 Å². The smallest absolute Gasteiger partial charge is 0.226 e. The molecule has 7 heteroatoms. The normalized spacial score (nSPS) is 27.2. The molecule has 0 aromatic carbocycles. The summed E-state index contributed by atoms with van der Waals surface area (Å²) in [6.45, 7) is 0. The Morgan fingerprint density at radius 1 is 1.29 bits per heavy atom. The summed E-state index contributed by atoms with van der Waals surface area (Å²) >= 11 is 0. The predicted molar refractivity (Wildman–Crippen MR) is 63.4 cm³/mol. The van der Waals surface area contributed by atoms with Gasteiger partial charge in [0.2, 0.25) is 7.37 Å². The second-order valence-electron chi connectivity index (χ2n) is 3.78. The van der Waals surface area contributed by atoms with E-state index < -0.39 is 41.0 Å². The highest BCUT2D eigenvalue weighted by Crippen LogP contribution is 2.48. The van der Waals surface area contributed by atoms with Gasteiger partial charge in [0.05, 0.1) is 23.8 Å². The Hall–Kier alpha value is -0.810. The molecule has 17 heavy (non-hydrogen) atoms. The van der Waals surface area contributed by atoms with Crippen LogP contribution in [0.4, 0.5) is 4.39 Å². The fraction of sp³-hybridized carbons (Fsp3) is 0.600. The quantitative estimate of drug-likeness (QED) is 0.560. The molecule has 0 spiro atoms. The van der Waals surface area contributed by atoms with E-state index in [0.717, 1.165) is 0 Å². The van der Waals surface area contributed by atoms with Crippen molar-refractivity contribution in [1.29, 1.82) is 0 Å². The molecule has 1 aliphatic heterocycles. The minimum absolute atomic E-state index is 0.222. The van der Waals surface area contributed by atoms with Crippen molar-refractivity contribution in [3.8, 4) is 24.7 Å². The molecule has 1 fully saturated rings. The van der Waals surface area contributed by atoms with Crippen LogP contribution in [-0.4, -0.2) is 44.5 Å². The Morgan fingerprint density at radius 2 is 1.82 bits per heavy atom. The molecule has 1 aliphatic rings. The molecule has 2 atom stereocenters. The zero-order valence-corrected chi connectivity index (χ0v) is 10.7.